The number of hydrazone groups is 1. The van der Waals surface area contributed by atoms with Crippen molar-refractivity contribution in [2.24, 2.45) is 5.10 Å². The van der Waals surface area contributed by atoms with Crippen LogP contribution < -0.4 is 10.7 Å². The Kier molecular flexibility index (Phi) is 4.87. The standard InChI is InChI=1S/C19H15ClN4O2S/c20-13-6-3-11(4-7-13)10-15-23-24-19(27-15)22-18(26)14-8-5-12-2-1-9-21-16(12)17(14)25/h1-9,19,24-25H,10H2,(H,22,26). The Labute approximate surface area is 164 Å². The van der Waals surface area contributed by atoms with Crippen molar-refractivity contribution in [3.05, 3.63) is 70.9 Å². The molecule has 0 radical (unpaired) electrons. The minimum Gasteiger partial charge on any atom is -0.505 e. The van der Waals surface area contributed by atoms with Gasteiger partial charge in [-0.15, -0.1) is 0 Å². The van der Waals surface area contributed by atoms with Crippen LogP contribution in [0.1, 0.15) is 15.9 Å². The van der Waals surface area contributed by atoms with Gasteiger partial charge in [-0.25, -0.2) is 0 Å². The first kappa shape index (κ1) is 17.6. The second kappa shape index (κ2) is 7.46. The molecule has 1 aliphatic heterocycles. The Hall–Kier alpha value is -2.77. The van der Waals surface area contributed by atoms with Crippen LogP contribution in [-0.4, -0.2) is 26.5 Å². The third-order valence-electron chi connectivity index (χ3n) is 4.08. The molecule has 0 bridgehead atoms. The minimum absolute atomic E-state index is 0.129. The maximum atomic E-state index is 12.5. The van der Waals surface area contributed by atoms with Gasteiger partial charge in [-0.05, 0) is 29.8 Å². The number of aromatic hydroxyl groups is 1. The number of halogens is 1. The van der Waals surface area contributed by atoms with E-state index in [1.807, 2.05) is 30.3 Å². The van der Waals surface area contributed by atoms with E-state index in [0.717, 1.165) is 16.0 Å². The summed E-state index contributed by atoms with van der Waals surface area (Å²) in [5.74, 6) is -0.524. The third-order valence-corrected chi connectivity index (χ3v) is 5.30. The molecule has 0 spiro atoms. The predicted octanol–water partition coefficient (Wildman–Crippen LogP) is 3.50. The summed E-state index contributed by atoms with van der Waals surface area (Å²) >= 11 is 7.31. The third kappa shape index (κ3) is 3.84. The van der Waals surface area contributed by atoms with Gasteiger partial charge in [-0.1, -0.05) is 47.6 Å². The molecule has 3 N–H and O–H groups in total. The summed E-state index contributed by atoms with van der Waals surface area (Å²) in [6, 6.07) is 14.5. The summed E-state index contributed by atoms with van der Waals surface area (Å²) in [7, 11) is 0. The number of hydrogen-bond acceptors (Lipinski definition) is 6. The normalized spacial score (nSPS) is 16.0. The highest BCUT2D eigenvalue weighted by Gasteiger charge is 2.23. The Bertz CT molecular complexity index is 1040. The molecule has 2 aromatic carbocycles. The van der Waals surface area contributed by atoms with Gasteiger partial charge in [-0.3, -0.25) is 15.2 Å². The number of thioether (sulfide) groups is 1. The van der Waals surface area contributed by atoms with E-state index in [4.69, 9.17) is 11.6 Å². The van der Waals surface area contributed by atoms with E-state index in [9.17, 15) is 9.90 Å². The average molecular weight is 399 g/mol. The molecule has 2 heterocycles. The van der Waals surface area contributed by atoms with Crippen molar-refractivity contribution in [2.45, 2.75) is 11.9 Å². The van der Waals surface area contributed by atoms with Crippen LogP contribution in [0.25, 0.3) is 10.9 Å². The molecule has 0 fully saturated rings. The van der Waals surface area contributed by atoms with E-state index in [2.05, 4.69) is 20.8 Å². The molecule has 27 heavy (non-hydrogen) atoms. The highest BCUT2D eigenvalue weighted by Crippen LogP contribution is 2.27. The van der Waals surface area contributed by atoms with Crippen LogP contribution in [0.3, 0.4) is 0 Å². The number of carbonyl (C=O) groups excluding carboxylic acids is 1. The number of rotatable bonds is 4. The summed E-state index contributed by atoms with van der Waals surface area (Å²) in [5, 5.41) is 19.8. The summed E-state index contributed by atoms with van der Waals surface area (Å²) in [4.78, 5) is 16.7. The van der Waals surface area contributed by atoms with E-state index in [-0.39, 0.29) is 11.3 Å². The molecule has 1 unspecified atom stereocenters. The molecule has 0 saturated heterocycles. The number of pyridine rings is 1. The largest absolute Gasteiger partial charge is 0.505 e. The quantitative estimate of drug-likeness (QED) is 0.626. The SMILES string of the molecule is O=C(NC1NN=C(Cc2ccc(Cl)cc2)S1)c1ccc2cccnc2c1O. The monoisotopic (exact) mass is 398 g/mol. The predicted molar refractivity (Wildman–Crippen MR) is 108 cm³/mol. The fraction of sp³-hybridized carbons (Fsp3) is 0.105. The lowest BCUT2D eigenvalue weighted by molar-refractivity contribution is 0.0943. The van der Waals surface area contributed by atoms with Gasteiger partial charge in [0, 0.05) is 23.0 Å². The molecule has 8 heteroatoms. The summed E-state index contributed by atoms with van der Waals surface area (Å²) in [6.07, 6.45) is 2.22. The fourth-order valence-electron chi connectivity index (χ4n) is 2.75. The molecule has 1 amide bonds. The minimum atomic E-state index is -0.404. The molecule has 1 atom stereocenters. The van der Waals surface area contributed by atoms with Crippen molar-refractivity contribution >= 4 is 45.2 Å². The van der Waals surface area contributed by atoms with Gasteiger partial charge in [0.05, 0.1) is 5.56 Å². The Balaban J connectivity index is 1.41. The van der Waals surface area contributed by atoms with Gasteiger partial charge in [0.1, 0.15) is 10.6 Å². The van der Waals surface area contributed by atoms with Crippen molar-refractivity contribution in [1.82, 2.24) is 15.7 Å². The maximum absolute atomic E-state index is 12.5. The van der Waals surface area contributed by atoms with Crippen molar-refractivity contribution in [3.63, 3.8) is 0 Å². The van der Waals surface area contributed by atoms with Gasteiger partial charge < -0.3 is 10.4 Å². The van der Waals surface area contributed by atoms with Gasteiger partial charge >= 0.3 is 0 Å². The number of benzene rings is 2. The van der Waals surface area contributed by atoms with E-state index < -0.39 is 11.4 Å². The number of carbonyl (C=O) groups is 1. The van der Waals surface area contributed by atoms with Crippen molar-refractivity contribution < 1.29 is 9.90 Å². The lowest BCUT2D eigenvalue weighted by atomic mass is 10.1. The van der Waals surface area contributed by atoms with Crippen LogP contribution in [0.5, 0.6) is 5.75 Å². The van der Waals surface area contributed by atoms with Crippen LogP contribution in [0.4, 0.5) is 0 Å². The molecule has 1 aromatic heterocycles. The topological polar surface area (TPSA) is 86.6 Å². The lowest BCUT2D eigenvalue weighted by Gasteiger charge is -2.13. The number of hydrogen-bond donors (Lipinski definition) is 3. The van der Waals surface area contributed by atoms with E-state index in [0.29, 0.717) is 17.0 Å². The zero-order chi connectivity index (χ0) is 18.8. The summed E-state index contributed by atoms with van der Waals surface area (Å²) in [5.41, 5.74) is 4.14. The number of fused-ring (bicyclic) bond motifs is 1. The Morgan fingerprint density at radius 2 is 2.04 bits per heavy atom. The van der Waals surface area contributed by atoms with Crippen molar-refractivity contribution in [2.75, 3.05) is 0 Å². The second-order valence-electron chi connectivity index (χ2n) is 5.95. The van der Waals surface area contributed by atoms with Gasteiger partial charge in [-0.2, -0.15) is 5.10 Å². The first-order valence-corrected chi connectivity index (χ1v) is 9.47. The number of phenols is 1. The van der Waals surface area contributed by atoms with Crippen LogP contribution >= 0.6 is 23.4 Å². The number of nitrogens with zero attached hydrogens (tertiary/aromatic N) is 2. The molecule has 0 aliphatic carbocycles. The number of phenolic OH excluding ortho intramolecular Hbond substituents is 1. The number of amides is 1. The molecular weight excluding hydrogens is 384 g/mol. The highest BCUT2D eigenvalue weighted by atomic mass is 35.5. The molecular formula is C19H15ClN4O2S. The van der Waals surface area contributed by atoms with E-state index in [1.165, 1.54) is 11.8 Å². The maximum Gasteiger partial charge on any atom is 0.257 e. The fourth-order valence-corrected chi connectivity index (χ4v) is 3.77. The second-order valence-corrected chi connectivity index (χ2v) is 7.56. The average Bonchev–Trinajstić information content (AvgIpc) is 3.11. The summed E-state index contributed by atoms with van der Waals surface area (Å²) in [6.45, 7) is 0. The molecule has 0 saturated carbocycles. The van der Waals surface area contributed by atoms with Crippen LogP contribution in [0, 0.1) is 0 Å². The van der Waals surface area contributed by atoms with Gasteiger partial charge in [0.15, 0.2) is 11.2 Å². The molecule has 1 aliphatic rings. The molecule has 3 aromatic rings. The van der Waals surface area contributed by atoms with Gasteiger partial charge in [0.2, 0.25) is 0 Å². The molecule has 6 nitrogen and oxygen atoms in total. The van der Waals surface area contributed by atoms with E-state index in [1.54, 1.807) is 24.4 Å². The first-order valence-electron chi connectivity index (χ1n) is 8.21. The highest BCUT2D eigenvalue weighted by molar-refractivity contribution is 8.14. The number of nitrogens with one attached hydrogen (secondary N) is 2. The molecule has 136 valence electrons. The Morgan fingerprint density at radius 3 is 2.85 bits per heavy atom. The Morgan fingerprint density at radius 1 is 1.22 bits per heavy atom. The van der Waals surface area contributed by atoms with Crippen LogP contribution in [-0.2, 0) is 6.42 Å². The van der Waals surface area contributed by atoms with Crippen LogP contribution in [0.2, 0.25) is 5.02 Å². The zero-order valence-corrected chi connectivity index (χ0v) is 15.6. The summed E-state index contributed by atoms with van der Waals surface area (Å²) < 4.78 is 0. The first-order chi connectivity index (χ1) is 13.1. The van der Waals surface area contributed by atoms with Crippen molar-refractivity contribution in [1.29, 1.82) is 0 Å². The van der Waals surface area contributed by atoms with Crippen molar-refractivity contribution in [3.8, 4) is 5.75 Å². The van der Waals surface area contributed by atoms with Crippen LogP contribution in [0.15, 0.2) is 59.8 Å². The number of aromatic nitrogens is 1. The molecule has 4 rings (SSSR count). The van der Waals surface area contributed by atoms with Gasteiger partial charge in [0.25, 0.3) is 5.91 Å². The zero-order valence-electron chi connectivity index (χ0n) is 14.0. The smallest absolute Gasteiger partial charge is 0.257 e. The van der Waals surface area contributed by atoms with E-state index >= 15 is 0 Å². The lowest BCUT2D eigenvalue weighted by Crippen LogP contribution is -2.38.